The first kappa shape index (κ1) is 14.1. The Balaban J connectivity index is 2.17. The second-order valence-electron chi connectivity index (χ2n) is 6.19. The molecule has 1 heterocycles. The van der Waals surface area contributed by atoms with Gasteiger partial charge in [-0.1, -0.05) is 12.1 Å². The fourth-order valence-corrected chi connectivity index (χ4v) is 3.44. The molecule has 1 amide bonds. The number of hydrogen-bond donors (Lipinski definition) is 2. The van der Waals surface area contributed by atoms with Crippen LogP contribution in [-0.4, -0.2) is 59.5 Å². The lowest BCUT2D eigenvalue weighted by Crippen LogP contribution is -2.62. The van der Waals surface area contributed by atoms with E-state index in [-0.39, 0.29) is 17.8 Å². The number of piperazine rings is 1. The van der Waals surface area contributed by atoms with Crippen LogP contribution in [0, 0.1) is 11.3 Å². The van der Waals surface area contributed by atoms with Crippen molar-refractivity contribution >= 4 is 11.7 Å². The van der Waals surface area contributed by atoms with Gasteiger partial charge in [-0.2, -0.15) is 0 Å². The largest absolute Gasteiger partial charge is 0.409 e. The summed E-state index contributed by atoms with van der Waals surface area (Å²) in [6, 6.07) is 0.172. The molecular weight excluding hydrogens is 244 g/mol. The lowest BCUT2D eigenvalue weighted by atomic mass is 9.61. The van der Waals surface area contributed by atoms with Gasteiger partial charge in [-0.25, -0.2) is 0 Å². The summed E-state index contributed by atoms with van der Waals surface area (Å²) in [6.07, 6.45) is 1.36. The van der Waals surface area contributed by atoms with Crippen molar-refractivity contribution in [1.29, 1.82) is 0 Å². The van der Waals surface area contributed by atoms with E-state index in [0.29, 0.717) is 25.3 Å². The molecule has 108 valence electrons. The number of likely N-dealkylation sites (N-methyl/N-ethyl adjacent to an activating group) is 1. The molecule has 0 bridgehead atoms. The Morgan fingerprint density at radius 1 is 1.37 bits per heavy atom. The lowest BCUT2D eigenvalue weighted by Gasteiger charge is -2.49. The van der Waals surface area contributed by atoms with Gasteiger partial charge in [-0.15, -0.1) is 0 Å². The van der Waals surface area contributed by atoms with Crippen molar-refractivity contribution in [2.45, 2.75) is 32.7 Å². The highest BCUT2D eigenvalue weighted by Gasteiger charge is 2.54. The first-order valence-corrected chi connectivity index (χ1v) is 6.88. The summed E-state index contributed by atoms with van der Waals surface area (Å²) in [5.74, 6) is 0.551. The lowest BCUT2D eigenvalue weighted by molar-refractivity contribution is -0.148. The quantitative estimate of drug-likeness (QED) is 0.327. The summed E-state index contributed by atoms with van der Waals surface area (Å²) in [6.45, 7) is 6.59. The molecule has 0 spiro atoms. The van der Waals surface area contributed by atoms with Gasteiger partial charge in [-0.05, 0) is 32.7 Å². The average Bonchev–Trinajstić information content (AvgIpc) is 2.33. The summed E-state index contributed by atoms with van der Waals surface area (Å²) in [5.41, 5.74) is 5.03. The van der Waals surface area contributed by atoms with Crippen LogP contribution < -0.4 is 5.73 Å². The van der Waals surface area contributed by atoms with Crippen LogP contribution in [-0.2, 0) is 4.79 Å². The zero-order valence-electron chi connectivity index (χ0n) is 12.0. The number of oxime groups is 1. The summed E-state index contributed by atoms with van der Waals surface area (Å²) < 4.78 is 0. The van der Waals surface area contributed by atoms with Crippen LogP contribution in [0.25, 0.3) is 0 Å². The molecule has 1 aliphatic heterocycles. The van der Waals surface area contributed by atoms with E-state index < -0.39 is 5.41 Å². The number of hydrogen-bond acceptors (Lipinski definition) is 4. The Labute approximate surface area is 114 Å². The van der Waals surface area contributed by atoms with Gasteiger partial charge in [-0.3, -0.25) is 4.79 Å². The second-order valence-corrected chi connectivity index (χ2v) is 6.19. The highest BCUT2D eigenvalue weighted by molar-refractivity contribution is 6.07. The zero-order valence-corrected chi connectivity index (χ0v) is 12.0. The molecule has 1 saturated heterocycles. The molecule has 1 unspecified atom stereocenters. The number of amidine groups is 1. The van der Waals surface area contributed by atoms with E-state index in [1.165, 1.54) is 0 Å². The molecule has 6 heteroatoms. The van der Waals surface area contributed by atoms with Crippen LogP contribution in [0.5, 0.6) is 0 Å². The molecule has 0 aromatic carbocycles. The van der Waals surface area contributed by atoms with Gasteiger partial charge in [0.15, 0.2) is 5.84 Å². The predicted molar refractivity (Wildman–Crippen MR) is 72.9 cm³/mol. The standard InChI is InChI=1S/C13H24N4O2/c1-9-6-13(7-9,11(14)15-19)12(18)17-5-4-16(3)8-10(17)2/h9-10,19H,4-8H2,1-3H3,(H2,14,15). The van der Waals surface area contributed by atoms with Crippen molar-refractivity contribution in [3.05, 3.63) is 0 Å². The van der Waals surface area contributed by atoms with Crippen molar-refractivity contribution in [2.24, 2.45) is 22.2 Å². The highest BCUT2D eigenvalue weighted by atomic mass is 16.4. The van der Waals surface area contributed by atoms with Gasteiger partial charge in [0.25, 0.3) is 0 Å². The van der Waals surface area contributed by atoms with Crippen LogP contribution in [0.15, 0.2) is 5.16 Å². The molecule has 0 aromatic rings. The van der Waals surface area contributed by atoms with Gasteiger partial charge in [0.05, 0.1) is 0 Å². The van der Waals surface area contributed by atoms with Crippen molar-refractivity contribution in [2.75, 3.05) is 26.7 Å². The van der Waals surface area contributed by atoms with E-state index in [4.69, 9.17) is 10.9 Å². The Bertz CT molecular complexity index is 390. The van der Waals surface area contributed by atoms with Crippen molar-refractivity contribution < 1.29 is 10.0 Å². The molecule has 1 saturated carbocycles. The summed E-state index contributed by atoms with van der Waals surface area (Å²) in [4.78, 5) is 16.9. The fraction of sp³-hybridized carbons (Fsp3) is 0.846. The second kappa shape index (κ2) is 5.00. The van der Waals surface area contributed by atoms with E-state index in [9.17, 15) is 4.79 Å². The Morgan fingerprint density at radius 3 is 2.47 bits per heavy atom. The molecule has 1 aliphatic carbocycles. The molecule has 0 radical (unpaired) electrons. The minimum Gasteiger partial charge on any atom is -0.409 e. The molecule has 3 N–H and O–H groups in total. The summed E-state index contributed by atoms with van der Waals surface area (Å²) in [5, 5.41) is 12.1. The maximum Gasteiger partial charge on any atom is 0.236 e. The van der Waals surface area contributed by atoms with Crippen LogP contribution in [0.1, 0.15) is 26.7 Å². The predicted octanol–water partition coefficient (Wildman–Crippen LogP) is 0.312. The minimum atomic E-state index is -0.766. The number of carbonyl (C=O) groups excluding carboxylic acids is 1. The normalized spacial score (nSPS) is 37.0. The van der Waals surface area contributed by atoms with Gasteiger partial charge in [0, 0.05) is 25.7 Å². The highest BCUT2D eigenvalue weighted by Crippen LogP contribution is 2.47. The van der Waals surface area contributed by atoms with Gasteiger partial charge in [0.2, 0.25) is 5.91 Å². The van der Waals surface area contributed by atoms with Crippen molar-refractivity contribution in [3.8, 4) is 0 Å². The third-order valence-electron chi connectivity index (χ3n) is 4.49. The minimum absolute atomic E-state index is 0.0292. The summed E-state index contributed by atoms with van der Waals surface area (Å²) in [7, 11) is 2.06. The van der Waals surface area contributed by atoms with E-state index in [1.807, 2.05) is 4.90 Å². The first-order valence-electron chi connectivity index (χ1n) is 6.88. The third-order valence-corrected chi connectivity index (χ3v) is 4.49. The molecule has 6 nitrogen and oxygen atoms in total. The van der Waals surface area contributed by atoms with Gasteiger partial charge in [0.1, 0.15) is 5.41 Å². The van der Waals surface area contributed by atoms with Crippen LogP contribution in [0.2, 0.25) is 0 Å². The van der Waals surface area contributed by atoms with Gasteiger partial charge >= 0.3 is 0 Å². The number of carbonyl (C=O) groups is 1. The molecule has 0 aromatic heterocycles. The molecular formula is C13H24N4O2. The molecule has 2 rings (SSSR count). The van der Waals surface area contributed by atoms with Crippen molar-refractivity contribution in [3.63, 3.8) is 0 Å². The van der Waals surface area contributed by atoms with E-state index in [1.54, 1.807) is 0 Å². The van der Waals surface area contributed by atoms with Gasteiger partial charge < -0.3 is 20.7 Å². The van der Waals surface area contributed by atoms with Crippen LogP contribution in [0.4, 0.5) is 0 Å². The maximum absolute atomic E-state index is 12.8. The van der Waals surface area contributed by atoms with Crippen molar-refractivity contribution in [1.82, 2.24) is 9.80 Å². The molecule has 2 fully saturated rings. The first-order chi connectivity index (χ1) is 8.90. The molecule has 1 atom stereocenters. The number of nitrogens with zero attached hydrogens (tertiary/aromatic N) is 3. The Morgan fingerprint density at radius 2 is 2.00 bits per heavy atom. The number of amides is 1. The number of rotatable bonds is 2. The van der Waals surface area contributed by atoms with E-state index in [0.717, 1.165) is 13.1 Å². The van der Waals surface area contributed by atoms with Crippen LogP contribution >= 0.6 is 0 Å². The van der Waals surface area contributed by atoms with E-state index >= 15 is 0 Å². The number of nitrogens with two attached hydrogens (primary N) is 1. The van der Waals surface area contributed by atoms with E-state index in [2.05, 4.69) is 31.0 Å². The third kappa shape index (κ3) is 2.29. The maximum atomic E-state index is 12.8. The SMILES string of the molecule is CC1CC(C(=O)N2CCN(C)CC2C)(C(N)=NO)C1. The fourth-order valence-electron chi connectivity index (χ4n) is 3.44. The smallest absolute Gasteiger partial charge is 0.236 e. The Kier molecular flexibility index (Phi) is 3.71. The molecule has 2 aliphatic rings. The molecule has 19 heavy (non-hydrogen) atoms. The summed E-state index contributed by atoms with van der Waals surface area (Å²) >= 11 is 0. The zero-order chi connectivity index (χ0) is 14.2. The average molecular weight is 268 g/mol. The van der Waals surface area contributed by atoms with Crippen LogP contribution in [0.3, 0.4) is 0 Å². The monoisotopic (exact) mass is 268 g/mol. The topological polar surface area (TPSA) is 82.2 Å². The Hall–Kier alpha value is -1.30.